The zero-order chi connectivity index (χ0) is 18.5. The van der Waals surface area contributed by atoms with Crippen LogP contribution in [0.5, 0.6) is 0 Å². The van der Waals surface area contributed by atoms with Gasteiger partial charge in [-0.15, -0.1) is 0 Å². The maximum atomic E-state index is 13.3. The van der Waals surface area contributed by atoms with Crippen molar-refractivity contribution in [2.45, 2.75) is 6.04 Å². The Bertz CT molecular complexity index is 907. The van der Waals surface area contributed by atoms with Crippen molar-refractivity contribution in [3.63, 3.8) is 0 Å². The average molecular weight is 348 g/mol. The van der Waals surface area contributed by atoms with Gasteiger partial charge in [-0.1, -0.05) is 42.5 Å². The number of rotatable bonds is 5. The molecule has 3 N–H and O–H groups in total. The highest BCUT2D eigenvalue weighted by Crippen LogP contribution is 2.23. The van der Waals surface area contributed by atoms with Crippen LogP contribution >= 0.6 is 0 Å². The van der Waals surface area contributed by atoms with Crippen LogP contribution in [-0.4, -0.2) is 11.8 Å². The number of nitrogens with one attached hydrogen (secondary N) is 1. The molecule has 0 unspecified atom stereocenters. The van der Waals surface area contributed by atoms with E-state index in [9.17, 15) is 14.0 Å². The van der Waals surface area contributed by atoms with Crippen LogP contribution in [0.4, 0.5) is 4.39 Å². The predicted octanol–water partition coefficient (Wildman–Crippen LogP) is 3.44. The fourth-order valence-corrected chi connectivity index (χ4v) is 2.66. The quantitative estimate of drug-likeness (QED) is 0.741. The summed E-state index contributed by atoms with van der Waals surface area (Å²) in [6.07, 6.45) is 0. The molecule has 130 valence electrons. The van der Waals surface area contributed by atoms with E-state index in [2.05, 4.69) is 5.32 Å². The first-order valence-corrected chi connectivity index (χ1v) is 8.06. The third-order valence-corrected chi connectivity index (χ3v) is 4.04. The van der Waals surface area contributed by atoms with Crippen molar-refractivity contribution in [3.05, 3.63) is 107 Å². The SMILES string of the molecule is NC(=O)c1ccc(C(=O)N[C@@H](c2ccccc2)c2ccc(F)cc2)cc1. The molecule has 0 fully saturated rings. The summed E-state index contributed by atoms with van der Waals surface area (Å²) in [4.78, 5) is 23.8. The largest absolute Gasteiger partial charge is 0.366 e. The fourth-order valence-electron chi connectivity index (χ4n) is 2.66. The smallest absolute Gasteiger partial charge is 0.252 e. The molecule has 26 heavy (non-hydrogen) atoms. The Balaban J connectivity index is 1.89. The highest BCUT2D eigenvalue weighted by molar-refractivity contribution is 5.97. The lowest BCUT2D eigenvalue weighted by Crippen LogP contribution is -2.29. The van der Waals surface area contributed by atoms with Crippen molar-refractivity contribution in [1.82, 2.24) is 5.32 Å². The summed E-state index contributed by atoms with van der Waals surface area (Å²) in [6.45, 7) is 0. The van der Waals surface area contributed by atoms with Crippen LogP contribution < -0.4 is 11.1 Å². The third-order valence-electron chi connectivity index (χ3n) is 4.04. The van der Waals surface area contributed by atoms with Crippen molar-refractivity contribution < 1.29 is 14.0 Å². The Morgan fingerprint density at radius 2 is 1.31 bits per heavy atom. The van der Waals surface area contributed by atoms with Gasteiger partial charge in [0, 0.05) is 11.1 Å². The Labute approximate surface area is 150 Å². The van der Waals surface area contributed by atoms with Gasteiger partial charge in [-0.25, -0.2) is 4.39 Å². The van der Waals surface area contributed by atoms with Crippen LogP contribution in [0.2, 0.25) is 0 Å². The second-order valence-corrected chi connectivity index (χ2v) is 5.81. The minimum absolute atomic E-state index is 0.306. The number of hydrogen-bond acceptors (Lipinski definition) is 2. The normalized spacial score (nSPS) is 11.6. The number of halogens is 1. The molecule has 0 bridgehead atoms. The first-order chi connectivity index (χ1) is 12.5. The molecule has 0 saturated heterocycles. The van der Waals surface area contributed by atoms with E-state index in [4.69, 9.17) is 5.73 Å². The Morgan fingerprint density at radius 1 is 0.769 bits per heavy atom. The minimum Gasteiger partial charge on any atom is -0.366 e. The molecule has 0 radical (unpaired) electrons. The highest BCUT2D eigenvalue weighted by Gasteiger charge is 2.18. The lowest BCUT2D eigenvalue weighted by atomic mass is 9.98. The Hall–Kier alpha value is -3.47. The number of carbonyl (C=O) groups is 2. The molecule has 0 aliphatic heterocycles. The molecule has 4 nitrogen and oxygen atoms in total. The number of hydrogen-bond donors (Lipinski definition) is 2. The lowest BCUT2D eigenvalue weighted by Gasteiger charge is -2.20. The molecule has 3 rings (SSSR count). The highest BCUT2D eigenvalue weighted by atomic mass is 19.1. The van der Waals surface area contributed by atoms with Gasteiger partial charge in [0.25, 0.3) is 5.91 Å². The van der Waals surface area contributed by atoms with Crippen LogP contribution in [-0.2, 0) is 0 Å². The first-order valence-electron chi connectivity index (χ1n) is 8.06. The van der Waals surface area contributed by atoms with E-state index < -0.39 is 11.9 Å². The van der Waals surface area contributed by atoms with Crippen molar-refractivity contribution in [2.24, 2.45) is 5.73 Å². The Morgan fingerprint density at radius 3 is 1.88 bits per heavy atom. The number of primary amides is 1. The van der Waals surface area contributed by atoms with Crippen molar-refractivity contribution in [1.29, 1.82) is 0 Å². The topological polar surface area (TPSA) is 72.2 Å². The molecule has 2 amide bonds. The summed E-state index contributed by atoms with van der Waals surface area (Å²) >= 11 is 0. The molecule has 0 aromatic heterocycles. The minimum atomic E-state index is -0.551. The van der Waals surface area contributed by atoms with Gasteiger partial charge in [0.1, 0.15) is 5.82 Å². The molecule has 3 aromatic carbocycles. The molecule has 0 aliphatic rings. The van der Waals surface area contributed by atoms with E-state index in [-0.39, 0.29) is 11.7 Å². The van der Waals surface area contributed by atoms with Crippen molar-refractivity contribution >= 4 is 11.8 Å². The molecule has 0 spiro atoms. The maximum Gasteiger partial charge on any atom is 0.252 e. The standard InChI is InChI=1S/C21H17FN2O2/c22-18-12-10-15(11-13-18)19(14-4-2-1-3-5-14)24-21(26)17-8-6-16(7-9-17)20(23)25/h1-13,19H,(H2,23,25)(H,24,26)/t19-/m0/s1. The van der Waals surface area contributed by atoms with Crippen LogP contribution in [0.3, 0.4) is 0 Å². The Kier molecular flexibility index (Phi) is 5.08. The molecule has 0 heterocycles. The summed E-state index contributed by atoms with van der Waals surface area (Å²) in [5.74, 6) is -1.20. The molecular formula is C21H17FN2O2. The van der Waals surface area contributed by atoms with Gasteiger partial charge in [-0.3, -0.25) is 9.59 Å². The lowest BCUT2D eigenvalue weighted by molar-refractivity contribution is 0.0940. The predicted molar refractivity (Wildman–Crippen MR) is 97.1 cm³/mol. The van der Waals surface area contributed by atoms with Gasteiger partial charge < -0.3 is 11.1 Å². The van der Waals surface area contributed by atoms with Gasteiger partial charge in [-0.2, -0.15) is 0 Å². The van der Waals surface area contributed by atoms with E-state index in [1.54, 1.807) is 24.3 Å². The van der Waals surface area contributed by atoms with E-state index >= 15 is 0 Å². The molecule has 3 aromatic rings. The molecular weight excluding hydrogens is 331 g/mol. The van der Waals surface area contributed by atoms with Gasteiger partial charge >= 0.3 is 0 Å². The molecule has 0 aliphatic carbocycles. The van der Waals surface area contributed by atoms with Gasteiger partial charge in [0.05, 0.1) is 6.04 Å². The molecule has 1 atom stereocenters. The van der Waals surface area contributed by atoms with Gasteiger partial charge in [0.15, 0.2) is 0 Å². The average Bonchev–Trinajstić information content (AvgIpc) is 2.67. The van der Waals surface area contributed by atoms with Crippen LogP contribution in [0.1, 0.15) is 37.9 Å². The first kappa shape index (κ1) is 17.4. The van der Waals surface area contributed by atoms with Crippen LogP contribution in [0, 0.1) is 5.82 Å². The number of benzene rings is 3. The van der Waals surface area contributed by atoms with E-state index in [0.717, 1.165) is 11.1 Å². The summed E-state index contributed by atoms with van der Waals surface area (Å²) in [6, 6.07) is 21.1. The molecule has 0 saturated carbocycles. The zero-order valence-electron chi connectivity index (χ0n) is 13.9. The van der Waals surface area contributed by atoms with E-state index in [1.165, 1.54) is 24.3 Å². The van der Waals surface area contributed by atoms with Crippen LogP contribution in [0.25, 0.3) is 0 Å². The molecule has 5 heteroatoms. The van der Waals surface area contributed by atoms with E-state index in [0.29, 0.717) is 11.1 Å². The monoisotopic (exact) mass is 348 g/mol. The van der Waals surface area contributed by atoms with Crippen LogP contribution in [0.15, 0.2) is 78.9 Å². The summed E-state index contributed by atoms with van der Waals surface area (Å²) < 4.78 is 13.3. The van der Waals surface area contributed by atoms with E-state index in [1.807, 2.05) is 30.3 Å². The maximum absolute atomic E-state index is 13.3. The summed E-state index contributed by atoms with van der Waals surface area (Å²) in [5.41, 5.74) is 7.59. The second-order valence-electron chi connectivity index (χ2n) is 5.81. The fraction of sp³-hybridized carbons (Fsp3) is 0.0476. The van der Waals surface area contributed by atoms with Gasteiger partial charge in [0.2, 0.25) is 5.91 Å². The second kappa shape index (κ2) is 7.61. The zero-order valence-corrected chi connectivity index (χ0v) is 13.9. The third kappa shape index (κ3) is 3.95. The number of carbonyl (C=O) groups excluding carboxylic acids is 2. The van der Waals surface area contributed by atoms with Crippen molar-refractivity contribution in [2.75, 3.05) is 0 Å². The number of amides is 2. The summed E-state index contributed by atoms with van der Waals surface area (Å²) in [5, 5.41) is 2.96. The van der Waals surface area contributed by atoms with Gasteiger partial charge in [-0.05, 0) is 47.5 Å². The summed E-state index contributed by atoms with van der Waals surface area (Å²) in [7, 11) is 0. The van der Waals surface area contributed by atoms with Crippen molar-refractivity contribution in [3.8, 4) is 0 Å². The number of nitrogens with two attached hydrogens (primary N) is 1.